The highest BCUT2D eigenvalue weighted by Gasteiger charge is 2.14. The number of aldehydes is 1. The first kappa shape index (κ1) is 23.4. The van der Waals surface area contributed by atoms with Gasteiger partial charge in [-0.1, -0.05) is 36.4 Å². The number of anilines is 2. The Hall–Kier alpha value is -3.78. The van der Waals surface area contributed by atoms with Crippen LogP contribution in [0.4, 0.5) is 11.6 Å². The van der Waals surface area contributed by atoms with Crippen molar-refractivity contribution in [2.75, 3.05) is 30.8 Å². The highest BCUT2D eigenvalue weighted by Crippen LogP contribution is 2.21. The molecule has 176 valence electrons. The number of likely N-dealkylation sites (tertiary alicyclic amines) is 1. The first-order valence-electron chi connectivity index (χ1n) is 11.5. The smallest absolute Gasteiger partial charge is 0.196 e. The van der Waals surface area contributed by atoms with Crippen molar-refractivity contribution in [3.63, 3.8) is 0 Å². The van der Waals surface area contributed by atoms with Crippen LogP contribution in [-0.4, -0.2) is 47.6 Å². The first-order valence-corrected chi connectivity index (χ1v) is 11.5. The molecule has 0 atom stereocenters. The Morgan fingerprint density at radius 2 is 1.44 bits per heavy atom. The van der Waals surface area contributed by atoms with E-state index in [1.807, 2.05) is 24.3 Å². The molecule has 1 aliphatic rings. The van der Waals surface area contributed by atoms with E-state index in [1.165, 1.54) is 37.7 Å². The Labute approximate surface area is 199 Å². The molecule has 0 amide bonds. The van der Waals surface area contributed by atoms with Gasteiger partial charge < -0.3 is 20.8 Å². The number of benzene rings is 2. The van der Waals surface area contributed by atoms with Crippen LogP contribution >= 0.6 is 0 Å². The number of ether oxygens (including phenoxy) is 1. The van der Waals surface area contributed by atoms with Crippen LogP contribution in [-0.2, 0) is 19.6 Å². The van der Waals surface area contributed by atoms with Crippen molar-refractivity contribution in [2.45, 2.75) is 32.5 Å². The van der Waals surface area contributed by atoms with Crippen molar-refractivity contribution in [3.8, 4) is 5.75 Å². The van der Waals surface area contributed by atoms with Crippen molar-refractivity contribution in [3.05, 3.63) is 76.6 Å². The lowest BCUT2D eigenvalue weighted by Gasteiger charge is -2.16. The zero-order valence-corrected chi connectivity index (χ0v) is 19.4. The minimum absolute atomic E-state index is 0.0614. The second kappa shape index (κ2) is 11.4. The van der Waals surface area contributed by atoms with Crippen LogP contribution in [0.3, 0.4) is 0 Å². The topological polar surface area (TPSA) is 103 Å². The van der Waals surface area contributed by atoms with E-state index in [2.05, 4.69) is 49.8 Å². The number of nitrogens with zero attached hydrogens (tertiary/aromatic N) is 3. The Morgan fingerprint density at radius 3 is 1.94 bits per heavy atom. The van der Waals surface area contributed by atoms with E-state index in [-0.39, 0.29) is 5.82 Å². The molecule has 34 heavy (non-hydrogen) atoms. The summed E-state index contributed by atoms with van der Waals surface area (Å²) >= 11 is 0. The van der Waals surface area contributed by atoms with Crippen LogP contribution in [0.5, 0.6) is 5.75 Å². The van der Waals surface area contributed by atoms with Gasteiger partial charge in [0.05, 0.1) is 12.7 Å². The zero-order valence-electron chi connectivity index (χ0n) is 19.4. The molecule has 8 nitrogen and oxygen atoms in total. The summed E-state index contributed by atoms with van der Waals surface area (Å²) in [5, 5.41) is 14.4. The van der Waals surface area contributed by atoms with Gasteiger partial charge >= 0.3 is 0 Å². The highest BCUT2D eigenvalue weighted by molar-refractivity contribution is 5.91. The minimum Gasteiger partial charge on any atom is -0.497 e. The first-order chi connectivity index (χ1) is 16.7. The van der Waals surface area contributed by atoms with E-state index in [1.54, 1.807) is 7.11 Å². The molecule has 1 saturated heterocycles. The van der Waals surface area contributed by atoms with Crippen LogP contribution in [0.1, 0.15) is 45.7 Å². The summed E-state index contributed by atoms with van der Waals surface area (Å²) in [4.78, 5) is 22.5. The predicted molar refractivity (Wildman–Crippen MR) is 134 cm³/mol. The number of carbonyl (C=O) groups excluding carboxylic acids is 1. The van der Waals surface area contributed by atoms with Gasteiger partial charge in [0.2, 0.25) is 0 Å². The Morgan fingerprint density at radius 1 is 0.912 bits per heavy atom. The Bertz CT molecular complexity index is 1110. The van der Waals surface area contributed by atoms with E-state index in [4.69, 9.17) is 10.1 Å². The molecule has 3 N–H and O–H groups in total. The summed E-state index contributed by atoms with van der Waals surface area (Å²) in [5.41, 5.74) is 3.93. The fourth-order valence-corrected chi connectivity index (χ4v) is 4.02. The Kier molecular flexibility index (Phi) is 7.83. The SMILES string of the molecule is COc1ccc(CNc2nc(C=O)nc(NCc3ccc(CN4CCCC4)cc3)c2C=N)cc1. The maximum atomic E-state index is 11.5. The molecule has 0 bridgehead atoms. The van der Waals surface area contributed by atoms with Gasteiger partial charge in [-0.15, -0.1) is 0 Å². The molecular formula is C26H30N6O2. The van der Waals surface area contributed by atoms with E-state index >= 15 is 0 Å². The van der Waals surface area contributed by atoms with Crippen molar-refractivity contribution in [1.82, 2.24) is 14.9 Å². The summed E-state index contributed by atoms with van der Waals surface area (Å²) < 4.78 is 5.19. The molecule has 0 radical (unpaired) electrons. The van der Waals surface area contributed by atoms with Gasteiger partial charge in [0, 0.05) is 25.8 Å². The number of nitrogens with one attached hydrogen (secondary N) is 3. The third-order valence-electron chi connectivity index (χ3n) is 5.92. The second-order valence-electron chi connectivity index (χ2n) is 8.31. The fraction of sp³-hybridized carbons (Fsp3) is 0.308. The molecule has 1 aliphatic heterocycles. The number of hydrogen-bond donors (Lipinski definition) is 3. The average molecular weight is 459 g/mol. The molecule has 2 heterocycles. The summed E-state index contributed by atoms with van der Waals surface area (Å²) in [7, 11) is 1.63. The van der Waals surface area contributed by atoms with E-state index in [9.17, 15) is 4.79 Å². The molecule has 0 spiro atoms. The molecule has 8 heteroatoms. The second-order valence-corrected chi connectivity index (χ2v) is 8.31. The molecule has 0 unspecified atom stereocenters. The largest absolute Gasteiger partial charge is 0.497 e. The van der Waals surface area contributed by atoms with Crippen molar-refractivity contribution in [2.24, 2.45) is 0 Å². The standard InChI is InChI=1S/C26H30N6O2/c1-34-22-10-8-20(9-11-22)16-29-26-23(14-27)25(30-24(18-33)31-26)28-15-19-4-6-21(7-5-19)17-32-12-2-3-13-32/h4-11,14,18,27H,2-3,12-13,15-17H2,1H3,(H2,28,29,30,31). The van der Waals surface area contributed by atoms with Gasteiger partial charge in [-0.25, -0.2) is 9.97 Å². The minimum atomic E-state index is 0.0614. The third-order valence-corrected chi connectivity index (χ3v) is 5.92. The van der Waals surface area contributed by atoms with Crippen molar-refractivity contribution >= 4 is 24.1 Å². The van der Waals surface area contributed by atoms with Crippen LogP contribution < -0.4 is 15.4 Å². The lowest BCUT2D eigenvalue weighted by molar-refractivity contribution is 0.111. The number of hydrogen-bond acceptors (Lipinski definition) is 8. The summed E-state index contributed by atoms with van der Waals surface area (Å²) in [6.45, 7) is 4.36. The molecular weight excluding hydrogens is 428 g/mol. The van der Waals surface area contributed by atoms with Gasteiger partial charge in [-0.2, -0.15) is 0 Å². The molecule has 3 aromatic rings. The molecule has 2 aromatic carbocycles. The van der Waals surface area contributed by atoms with Crippen molar-refractivity contribution in [1.29, 1.82) is 5.41 Å². The number of methoxy groups -OCH3 is 1. The monoisotopic (exact) mass is 458 g/mol. The summed E-state index contributed by atoms with van der Waals surface area (Å²) in [6.07, 6.45) is 4.39. The van der Waals surface area contributed by atoms with Crippen LogP contribution in [0.15, 0.2) is 48.5 Å². The third kappa shape index (κ3) is 5.96. The van der Waals surface area contributed by atoms with Gasteiger partial charge in [0.25, 0.3) is 0 Å². The van der Waals surface area contributed by atoms with Crippen LogP contribution in [0.2, 0.25) is 0 Å². The maximum absolute atomic E-state index is 11.5. The highest BCUT2D eigenvalue weighted by atomic mass is 16.5. The quantitative estimate of drug-likeness (QED) is 0.293. The average Bonchev–Trinajstić information content (AvgIpc) is 3.40. The van der Waals surface area contributed by atoms with Crippen molar-refractivity contribution < 1.29 is 9.53 Å². The van der Waals surface area contributed by atoms with Gasteiger partial charge in [-0.3, -0.25) is 9.69 Å². The summed E-state index contributed by atoms with van der Waals surface area (Å²) in [6, 6.07) is 16.2. The molecule has 0 saturated carbocycles. The molecule has 1 fully saturated rings. The van der Waals surface area contributed by atoms with E-state index in [0.29, 0.717) is 36.6 Å². The van der Waals surface area contributed by atoms with Crippen LogP contribution in [0.25, 0.3) is 0 Å². The van der Waals surface area contributed by atoms with E-state index in [0.717, 1.165) is 23.4 Å². The maximum Gasteiger partial charge on any atom is 0.196 e. The summed E-state index contributed by atoms with van der Waals surface area (Å²) in [5.74, 6) is 1.73. The van der Waals surface area contributed by atoms with E-state index < -0.39 is 0 Å². The molecule has 4 rings (SSSR count). The normalized spacial score (nSPS) is 13.4. The zero-order chi connectivity index (χ0) is 23.8. The molecule has 1 aromatic heterocycles. The number of rotatable bonds is 11. The number of carbonyl (C=O) groups is 1. The predicted octanol–water partition coefficient (Wildman–Crippen LogP) is 4.12. The number of aromatic nitrogens is 2. The molecule has 0 aliphatic carbocycles. The lowest BCUT2D eigenvalue weighted by atomic mass is 10.1. The fourth-order valence-electron chi connectivity index (χ4n) is 4.02. The van der Waals surface area contributed by atoms with Crippen LogP contribution in [0, 0.1) is 5.41 Å². The van der Waals surface area contributed by atoms with Gasteiger partial charge in [0.1, 0.15) is 17.4 Å². The Balaban J connectivity index is 1.44. The van der Waals surface area contributed by atoms with Gasteiger partial charge in [-0.05, 0) is 54.8 Å². The lowest BCUT2D eigenvalue weighted by Crippen LogP contribution is -2.18. The van der Waals surface area contributed by atoms with Gasteiger partial charge in [0.15, 0.2) is 12.1 Å².